The van der Waals surface area contributed by atoms with Gasteiger partial charge in [0.1, 0.15) is 18.1 Å². The first-order valence-electron chi connectivity index (χ1n) is 12.4. The zero-order chi connectivity index (χ0) is 24.5. The molecule has 3 heterocycles. The Bertz CT molecular complexity index is 1000. The van der Waals surface area contributed by atoms with Gasteiger partial charge in [-0.1, -0.05) is 37.3 Å². The van der Waals surface area contributed by atoms with E-state index in [1.165, 1.54) is 35.4 Å². The molecule has 2 aliphatic heterocycles. The van der Waals surface area contributed by atoms with Crippen molar-refractivity contribution in [3.8, 4) is 11.3 Å². The molecule has 0 spiro atoms. The Labute approximate surface area is 211 Å². The number of carbonyl (C=O) groups is 2. The van der Waals surface area contributed by atoms with Gasteiger partial charge in [0.25, 0.3) is 5.91 Å². The summed E-state index contributed by atoms with van der Waals surface area (Å²) in [5, 5.41) is 6.03. The lowest BCUT2D eigenvalue weighted by Gasteiger charge is -2.26. The number of imide groups is 1. The molecule has 1 aromatic heterocycles. The number of rotatable bonds is 12. The van der Waals surface area contributed by atoms with Crippen molar-refractivity contribution in [1.29, 1.82) is 0 Å². The Hall–Kier alpha value is -2.68. The van der Waals surface area contributed by atoms with Crippen molar-refractivity contribution in [1.82, 2.24) is 14.8 Å². The van der Waals surface area contributed by atoms with Gasteiger partial charge in [0.05, 0.1) is 19.4 Å². The van der Waals surface area contributed by atoms with Gasteiger partial charge in [-0.2, -0.15) is 5.10 Å². The zero-order valence-corrected chi connectivity index (χ0v) is 20.8. The molecule has 3 amide bonds. The van der Waals surface area contributed by atoms with Crippen LogP contribution in [0.15, 0.2) is 45.9 Å². The molecule has 0 bridgehead atoms. The van der Waals surface area contributed by atoms with E-state index in [2.05, 4.69) is 10.0 Å². The number of amides is 3. The van der Waals surface area contributed by atoms with E-state index in [0.29, 0.717) is 23.1 Å². The van der Waals surface area contributed by atoms with Crippen LogP contribution in [0.25, 0.3) is 11.3 Å². The highest BCUT2D eigenvalue weighted by atomic mass is 35.5. The van der Waals surface area contributed by atoms with Crippen LogP contribution in [0.2, 0.25) is 5.02 Å². The number of hydrogen-bond acceptors (Lipinski definition) is 6. The highest BCUT2D eigenvalue weighted by Gasteiger charge is 2.35. The van der Waals surface area contributed by atoms with Crippen molar-refractivity contribution in [2.45, 2.75) is 38.5 Å². The number of unbranched alkanes of at least 4 members (excludes halogenated alkanes) is 5. The predicted molar refractivity (Wildman–Crippen MR) is 136 cm³/mol. The first-order chi connectivity index (χ1) is 17.1. The maximum Gasteiger partial charge on any atom is 0.347 e. The number of urea groups is 1. The first kappa shape index (κ1) is 25.4. The van der Waals surface area contributed by atoms with Crippen LogP contribution in [0.1, 0.15) is 44.3 Å². The molecule has 1 aromatic carbocycles. The van der Waals surface area contributed by atoms with Crippen LogP contribution in [-0.2, 0) is 9.53 Å². The molecule has 8 nitrogen and oxygen atoms in total. The van der Waals surface area contributed by atoms with Gasteiger partial charge in [-0.25, -0.2) is 9.80 Å². The summed E-state index contributed by atoms with van der Waals surface area (Å²) in [6, 6.07) is 10.6. The van der Waals surface area contributed by atoms with E-state index in [9.17, 15) is 9.59 Å². The van der Waals surface area contributed by atoms with E-state index < -0.39 is 0 Å². The van der Waals surface area contributed by atoms with Gasteiger partial charge in [0, 0.05) is 30.2 Å². The van der Waals surface area contributed by atoms with Crippen molar-refractivity contribution in [3.63, 3.8) is 0 Å². The highest BCUT2D eigenvalue weighted by molar-refractivity contribution is 6.30. The second kappa shape index (κ2) is 12.9. The molecule has 0 aliphatic carbocycles. The average Bonchev–Trinajstić information content (AvgIpc) is 3.45. The Morgan fingerprint density at radius 1 is 0.886 bits per heavy atom. The number of benzene rings is 1. The van der Waals surface area contributed by atoms with E-state index in [1.807, 2.05) is 18.2 Å². The minimum Gasteiger partial charge on any atom is -0.455 e. The third-order valence-electron chi connectivity index (χ3n) is 6.33. The number of halogens is 1. The Morgan fingerprint density at radius 2 is 1.57 bits per heavy atom. The molecule has 2 saturated heterocycles. The molecule has 0 saturated carbocycles. The number of furan rings is 1. The molecule has 188 valence electrons. The summed E-state index contributed by atoms with van der Waals surface area (Å²) in [4.78, 5) is 28.7. The van der Waals surface area contributed by atoms with Crippen LogP contribution in [0, 0.1) is 0 Å². The molecule has 9 heteroatoms. The number of ether oxygens (including phenoxy) is 1. The zero-order valence-electron chi connectivity index (χ0n) is 20.0. The maximum atomic E-state index is 12.6. The summed E-state index contributed by atoms with van der Waals surface area (Å²) < 4.78 is 11.2. The number of hydrogen-bond donors (Lipinski definition) is 0. The number of nitrogens with zero attached hydrogens (tertiary/aromatic N) is 4. The smallest absolute Gasteiger partial charge is 0.347 e. The highest BCUT2D eigenvalue weighted by Crippen LogP contribution is 2.23. The predicted octanol–water partition coefficient (Wildman–Crippen LogP) is 4.87. The Balaban J connectivity index is 1.14. The normalized spacial score (nSPS) is 17.3. The number of morpholine rings is 1. The van der Waals surface area contributed by atoms with Gasteiger partial charge in [0.2, 0.25) is 0 Å². The third kappa shape index (κ3) is 7.40. The fourth-order valence-electron chi connectivity index (χ4n) is 4.29. The average molecular weight is 501 g/mol. The molecule has 0 radical (unpaired) electrons. The van der Waals surface area contributed by atoms with Crippen molar-refractivity contribution in [2.24, 2.45) is 5.10 Å². The molecule has 2 fully saturated rings. The van der Waals surface area contributed by atoms with Gasteiger partial charge in [-0.3, -0.25) is 14.6 Å². The molecule has 0 atom stereocenters. The molecule has 0 unspecified atom stereocenters. The van der Waals surface area contributed by atoms with Crippen molar-refractivity contribution in [2.75, 3.05) is 45.9 Å². The van der Waals surface area contributed by atoms with E-state index in [4.69, 9.17) is 20.8 Å². The summed E-state index contributed by atoms with van der Waals surface area (Å²) in [6.07, 6.45) is 8.03. The second-order valence-electron chi connectivity index (χ2n) is 8.91. The molecule has 35 heavy (non-hydrogen) atoms. The lowest BCUT2D eigenvalue weighted by atomic mass is 10.1. The molecule has 0 N–H and O–H groups in total. The minimum atomic E-state index is -0.374. The van der Waals surface area contributed by atoms with Crippen LogP contribution in [0.5, 0.6) is 0 Å². The quantitative estimate of drug-likeness (QED) is 0.236. The molecular formula is C26H33ClN4O4. The van der Waals surface area contributed by atoms with Crippen molar-refractivity contribution in [3.05, 3.63) is 47.2 Å². The lowest BCUT2D eigenvalue weighted by Crippen LogP contribution is -2.36. The third-order valence-corrected chi connectivity index (χ3v) is 6.58. The van der Waals surface area contributed by atoms with Crippen molar-refractivity contribution >= 4 is 29.8 Å². The van der Waals surface area contributed by atoms with Gasteiger partial charge >= 0.3 is 6.03 Å². The fourth-order valence-corrected chi connectivity index (χ4v) is 4.42. The van der Waals surface area contributed by atoms with Gasteiger partial charge < -0.3 is 9.15 Å². The number of hydrazone groups is 1. The Morgan fingerprint density at radius 3 is 2.31 bits per heavy atom. The van der Waals surface area contributed by atoms with Crippen LogP contribution >= 0.6 is 11.6 Å². The first-order valence-corrected chi connectivity index (χ1v) is 12.8. The van der Waals surface area contributed by atoms with Crippen molar-refractivity contribution < 1.29 is 18.7 Å². The van der Waals surface area contributed by atoms with Gasteiger partial charge in [-0.05, 0) is 55.8 Å². The molecular weight excluding hydrogens is 468 g/mol. The standard InChI is InChI=1S/C26H33ClN4O4/c27-22-9-7-21(8-10-22)24-12-11-23(35-24)19-28-31-20-25(32)30(26(31)33)14-6-4-2-1-3-5-13-29-15-17-34-18-16-29/h7-12,19H,1-6,13-18,20H2. The minimum absolute atomic E-state index is 0.0401. The summed E-state index contributed by atoms with van der Waals surface area (Å²) in [6.45, 7) is 5.35. The lowest BCUT2D eigenvalue weighted by molar-refractivity contribution is -0.125. The van der Waals surface area contributed by atoms with Crippen LogP contribution < -0.4 is 0 Å². The summed E-state index contributed by atoms with van der Waals surface area (Å²) in [7, 11) is 0. The topological polar surface area (TPSA) is 78.6 Å². The summed E-state index contributed by atoms with van der Waals surface area (Å²) in [5.74, 6) is 0.968. The largest absolute Gasteiger partial charge is 0.455 e. The SMILES string of the molecule is O=C1CN(N=Cc2ccc(-c3ccc(Cl)cc3)o2)C(=O)N1CCCCCCCCN1CCOCC1. The van der Waals surface area contributed by atoms with Crippen LogP contribution in [0.4, 0.5) is 4.79 Å². The van der Waals surface area contributed by atoms with E-state index in [-0.39, 0.29) is 18.5 Å². The number of carbonyl (C=O) groups excluding carboxylic acids is 2. The van der Waals surface area contributed by atoms with Gasteiger partial charge in [0.15, 0.2) is 0 Å². The van der Waals surface area contributed by atoms with E-state index in [1.54, 1.807) is 18.2 Å². The molecule has 2 aromatic rings. The van der Waals surface area contributed by atoms with Crippen LogP contribution in [-0.4, -0.2) is 78.9 Å². The summed E-state index contributed by atoms with van der Waals surface area (Å²) >= 11 is 5.93. The van der Waals surface area contributed by atoms with Gasteiger partial charge in [-0.15, -0.1) is 0 Å². The molecule has 4 rings (SSSR count). The maximum absolute atomic E-state index is 12.6. The van der Waals surface area contributed by atoms with E-state index in [0.717, 1.165) is 57.7 Å². The molecule has 2 aliphatic rings. The Kier molecular flexibility index (Phi) is 9.34. The van der Waals surface area contributed by atoms with Crippen LogP contribution in [0.3, 0.4) is 0 Å². The summed E-state index contributed by atoms with van der Waals surface area (Å²) in [5.41, 5.74) is 0.893. The monoisotopic (exact) mass is 500 g/mol. The second-order valence-corrected chi connectivity index (χ2v) is 9.35. The van der Waals surface area contributed by atoms with E-state index >= 15 is 0 Å². The fraction of sp³-hybridized carbons (Fsp3) is 0.500.